The Morgan fingerprint density at radius 1 is 1.10 bits per heavy atom. The number of esters is 1. The minimum atomic E-state index is -1.58. The summed E-state index contributed by atoms with van der Waals surface area (Å²) in [5.41, 5.74) is 0.688. The van der Waals surface area contributed by atoms with Gasteiger partial charge in [0.1, 0.15) is 29.9 Å². The van der Waals surface area contributed by atoms with Gasteiger partial charge >= 0.3 is 5.97 Å². The van der Waals surface area contributed by atoms with E-state index in [-0.39, 0.29) is 25.0 Å². The molecule has 204 valence electrons. The summed E-state index contributed by atoms with van der Waals surface area (Å²) < 4.78 is 42.1. The van der Waals surface area contributed by atoms with Crippen LogP contribution in [-0.2, 0) is 37.0 Å². The lowest BCUT2D eigenvalue weighted by Crippen LogP contribution is -2.51. The molecule has 0 N–H and O–H groups in total. The van der Waals surface area contributed by atoms with Crippen LogP contribution in [0.5, 0.6) is 0 Å². The van der Waals surface area contributed by atoms with Gasteiger partial charge in [-0.05, 0) is 33.7 Å². The number of carbonyl (C=O) groups is 1. The largest absolute Gasteiger partial charge is 0.455 e. The fraction of sp³-hybridized carbons (Fsp3) is 0.321. The van der Waals surface area contributed by atoms with Gasteiger partial charge in [0.25, 0.3) is 0 Å². The van der Waals surface area contributed by atoms with Crippen molar-refractivity contribution in [3.05, 3.63) is 93.0 Å². The monoisotopic (exact) mass is 665 g/mol. The Morgan fingerprint density at radius 3 is 2.41 bits per heavy atom. The predicted molar refractivity (Wildman–Crippen MR) is 151 cm³/mol. The molecule has 0 radical (unpaired) electrons. The van der Waals surface area contributed by atoms with Crippen LogP contribution >= 0.6 is 34.2 Å². The first-order valence-electron chi connectivity index (χ1n) is 12.3. The number of ether oxygens (including phenoxy) is 4. The standard InChI is InChI=1S/C28H26ClFIN3O5/c1-18(35)38-23-24(37-14-20-10-6-3-7-11-20)28(15-30,16-36-13-19-8-4-2-5-9-19)39-27(23)34-12-21(31)22-25(29)32-17-33-26(22)34/h2-12,17,23-24,27H,13-16H2,1H3/t23-,24+,27-,28-/m1/s1. The highest BCUT2D eigenvalue weighted by Crippen LogP contribution is 2.44. The zero-order valence-electron chi connectivity index (χ0n) is 21.0. The van der Waals surface area contributed by atoms with Crippen molar-refractivity contribution in [1.82, 2.24) is 14.5 Å². The maximum atomic E-state index is 15.2. The SMILES string of the molecule is CC(=O)O[C@H]1[C@H](n2cc(I)c3c(Cl)ncnc32)O[C@](CF)(COCc2ccccc2)[C@H]1OCc1ccccc1. The molecule has 4 atom stereocenters. The highest BCUT2D eigenvalue weighted by Gasteiger charge is 2.59. The Bertz CT molecular complexity index is 1430. The van der Waals surface area contributed by atoms with Crippen LogP contribution in [0.4, 0.5) is 4.39 Å². The molecular formula is C28H26ClFIN3O5. The molecule has 0 saturated carbocycles. The Labute approximate surface area is 243 Å². The number of halogens is 3. The smallest absolute Gasteiger partial charge is 0.303 e. The highest BCUT2D eigenvalue weighted by atomic mass is 127. The van der Waals surface area contributed by atoms with E-state index in [1.165, 1.54) is 13.3 Å². The van der Waals surface area contributed by atoms with Gasteiger partial charge in [0.2, 0.25) is 0 Å². The van der Waals surface area contributed by atoms with Crippen molar-refractivity contribution in [2.75, 3.05) is 13.3 Å². The summed E-state index contributed by atoms with van der Waals surface area (Å²) in [6, 6.07) is 19.0. The van der Waals surface area contributed by atoms with Crippen molar-refractivity contribution in [1.29, 1.82) is 0 Å². The molecule has 1 saturated heterocycles. The van der Waals surface area contributed by atoms with Crippen LogP contribution in [0.1, 0.15) is 24.3 Å². The molecule has 0 amide bonds. The molecule has 8 nitrogen and oxygen atoms in total. The molecule has 0 unspecified atom stereocenters. The summed E-state index contributed by atoms with van der Waals surface area (Å²) in [6.45, 7) is 0.605. The van der Waals surface area contributed by atoms with Crippen molar-refractivity contribution in [3.63, 3.8) is 0 Å². The molecule has 1 aliphatic heterocycles. The van der Waals surface area contributed by atoms with Gasteiger partial charge in [0.05, 0.1) is 25.2 Å². The number of benzene rings is 2. The third kappa shape index (κ3) is 5.94. The predicted octanol–water partition coefficient (Wildman–Crippen LogP) is 5.66. The van der Waals surface area contributed by atoms with E-state index >= 15 is 4.39 Å². The van der Waals surface area contributed by atoms with Crippen LogP contribution in [0.3, 0.4) is 0 Å². The minimum Gasteiger partial charge on any atom is -0.455 e. The molecular weight excluding hydrogens is 640 g/mol. The fourth-order valence-electron chi connectivity index (χ4n) is 4.73. The third-order valence-electron chi connectivity index (χ3n) is 6.50. The van der Waals surface area contributed by atoms with Crippen LogP contribution in [0.25, 0.3) is 11.0 Å². The van der Waals surface area contributed by atoms with Crippen molar-refractivity contribution < 1.29 is 28.1 Å². The van der Waals surface area contributed by atoms with E-state index < -0.39 is 36.7 Å². The second kappa shape index (κ2) is 12.3. The van der Waals surface area contributed by atoms with Gasteiger partial charge < -0.3 is 23.5 Å². The maximum Gasteiger partial charge on any atom is 0.303 e. The molecule has 2 aromatic heterocycles. The Kier molecular flexibility index (Phi) is 8.77. The van der Waals surface area contributed by atoms with E-state index in [0.29, 0.717) is 11.0 Å². The van der Waals surface area contributed by atoms with E-state index in [4.69, 9.17) is 30.5 Å². The van der Waals surface area contributed by atoms with Gasteiger partial charge in [0.15, 0.2) is 17.9 Å². The molecule has 1 aliphatic rings. The van der Waals surface area contributed by atoms with Crippen LogP contribution in [0.15, 0.2) is 73.2 Å². The minimum absolute atomic E-state index is 0.141. The Morgan fingerprint density at radius 2 is 1.77 bits per heavy atom. The van der Waals surface area contributed by atoms with Gasteiger partial charge in [-0.25, -0.2) is 14.4 Å². The number of hydrogen-bond donors (Lipinski definition) is 0. The number of fused-ring (bicyclic) bond motifs is 1. The number of carbonyl (C=O) groups excluding carboxylic acids is 1. The van der Waals surface area contributed by atoms with Crippen molar-refractivity contribution >= 4 is 51.2 Å². The molecule has 2 aromatic carbocycles. The van der Waals surface area contributed by atoms with Gasteiger partial charge in [-0.15, -0.1) is 0 Å². The number of nitrogens with zero attached hydrogens (tertiary/aromatic N) is 3. The highest BCUT2D eigenvalue weighted by molar-refractivity contribution is 14.1. The molecule has 4 aromatic rings. The maximum absolute atomic E-state index is 15.2. The van der Waals surface area contributed by atoms with Crippen LogP contribution in [0.2, 0.25) is 5.15 Å². The fourth-order valence-corrected chi connectivity index (χ4v) is 5.92. The molecule has 0 bridgehead atoms. The summed E-state index contributed by atoms with van der Waals surface area (Å²) >= 11 is 8.48. The Balaban J connectivity index is 1.53. The zero-order valence-corrected chi connectivity index (χ0v) is 23.9. The quantitative estimate of drug-likeness (QED) is 0.123. The molecule has 0 spiro atoms. The molecule has 5 rings (SSSR count). The zero-order chi connectivity index (χ0) is 27.4. The lowest BCUT2D eigenvalue weighted by Gasteiger charge is -2.32. The van der Waals surface area contributed by atoms with Crippen LogP contribution in [-0.4, -0.2) is 51.6 Å². The molecule has 11 heteroatoms. The first-order chi connectivity index (χ1) is 18.9. The second-order valence-corrected chi connectivity index (χ2v) is 10.7. The van der Waals surface area contributed by atoms with Gasteiger partial charge in [-0.2, -0.15) is 0 Å². The van der Waals surface area contributed by atoms with Crippen LogP contribution < -0.4 is 0 Å². The summed E-state index contributed by atoms with van der Waals surface area (Å²) in [4.78, 5) is 20.8. The summed E-state index contributed by atoms with van der Waals surface area (Å²) in [7, 11) is 0. The van der Waals surface area contributed by atoms with Gasteiger partial charge in [-0.1, -0.05) is 72.3 Å². The average Bonchev–Trinajstić information content (AvgIpc) is 3.43. The van der Waals surface area contributed by atoms with Crippen molar-refractivity contribution in [3.8, 4) is 0 Å². The molecule has 3 heterocycles. The molecule has 0 aliphatic carbocycles. The third-order valence-corrected chi connectivity index (χ3v) is 7.61. The number of hydrogen-bond acceptors (Lipinski definition) is 7. The average molecular weight is 666 g/mol. The van der Waals surface area contributed by atoms with E-state index in [0.717, 1.165) is 14.7 Å². The molecule has 39 heavy (non-hydrogen) atoms. The van der Waals surface area contributed by atoms with Crippen LogP contribution in [0, 0.1) is 3.57 Å². The van der Waals surface area contributed by atoms with Crippen molar-refractivity contribution in [2.24, 2.45) is 0 Å². The molecule has 1 fully saturated rings. The lowest BCUT2D eigenvalue weighted by atomic mass is 9.96. The summed E-state index contributed by atoms with van der Waals surface area (Å²) in [6.07, 6.45) is 0.118. The van der Waals surface area contributed by atoms with E-state index in [1.807, 2.05) is 60.7 Å². The first kappa shape index (κ1) is 27.9. The van der Waals surface area contributed by atoms with E-state index in [2.05, 4.69) is 32.6 Å². The summed E-state index contributed by atoms with van der Waals surface area (Å²) in [5, 5.41) is 0.884. The van der Waals surface area contributed by atoms with E-state index in [9.17, 15) is 4.79 Å². The Hall–Kier alpha value is -2.64. The summed E-state index contributed by atoms with van der Waals surface area (Å²) in [5.74, 6) is -0.555. The number of alkyl halides is 1. The van der Waals surface area contributed by atoms with Gasteiger partial charge in [-0.3, -0.25) is 4.79 Å². The lowest BCUT2D eigenvalue weighted by molar-refractivity contribution is -0.165. The first-order valence-corrected chi connectivity index (χ1v) is 13.7. The topological polar surface area (TPSA) is 84.7 Å². The van der Waals surface area contributed by atoms with E-state index in [1.54, 1.807) is 10.8 Å². The normalized spacial score (nSPS) is 22.8. The van der Waals surface area contributed by atoms with Gasteiger partial charge in [0, 0.05) is 16.7 Å². The second-order valence-electron chi connectivity index (χ2n) is 9.22. The number of rotatable bonds is 10. The number of aromatic nitrogens is 3. The van der Waals surface area contributed by atoms with Crippen molar-refractivity contribution in [2.45, 2.75) is 44.2 Å².